The first-order chi connectivity index (χ1) is 9.77. The fraction of sp³-hybridized carbons (Fsp3) is 0.692. The van der Waals surface area contributed by atoms with Gasteiger partial charge in [-0.1, -0.05) is 25.7 Å². The fourth-order valence-corrected chi connectivity index (χ4v) is 1.80. The van der Waals surface area contributed by atoms with Gasteiger partial charge in [-0.3, -0.25) is 0 Å². The Labute approximate surface area is 128 Å². The number of anilines is 1. The van der Waals surface area contributed by atoms with Gasteiger partial charge in [0.05, 0.1) is 6.61 Å². The first kappa shape index (κ1) is 17.6. The molecular weight excluding hydrogens is 293 g/mol. The molecule has 7 heteroatoms. The van der Waals surface area contributed by atoms with Gasteiger partial charge in [0.25, 0.3) is 0 Å². The molecule has 0 bridgehead atoms. The first-order valence-electron chi connectivity index (χ1n) is 6.92. The van der Waals surface area contributed by atoms with Crippen LogP contribution in [-0.4, -0.2) is 40.8 Å². The second-order valence-electron chi connectivity index (χ2n) is 4.58. The van der Waals surface area contributed by atoms with Gasteiger partial charge < -0.3 is 14.3 Å². The summed E-state index contributed by atoms with van der Waals surface area (Å²) in [5, 5.41) is 0. The summed E-state index contributed by atoms with van der Waals surface area (Å²) < 4.78 is 4.89. The van der Waals surface area contributed by atoms with Gasteiger partial charge in [-0.05, 0) is 11.8 Å². The average molecular weight is 317 g/mol. The zero-order valence-electron chi connectivity index (χ0n) is 12.0. The number of hydrogen-bond acceptors (Lipinski definition) is 6. The van der Waals surface area contributed by atoms with Crippen molar-refractivity contribution >= 4 is 27.5 Å². The summed E-state index contributed by atoms with van der Waals surface area (Å²) in [6.45, 7) is 1.17. The first-order valence-corrected chi connectivity index (χ1v) is 8.41. The van der Waals surface area contributed by atoms with E-state index in [1.54, 1.807) is 6.20 Å². The van der Waals surface area contributed by atoms with Gasteiger partial charge in [-0.15, -0.1) is 0 Å². The van der Waals surface area contributed by atoms with E-state index in [1.807, 2.05) is 18.0 Å². The minimum Gasteiger partial charge on any atom is -0.357 e. The van der Waals surface area contributed by atoms with Gasteiger partial charge in [-0.25, -0.2) is 9.97 Å². The third kappa shape index (κ3) is 7.39. The van der Waals surface area contributed by atoms with Crippen LogP contribution in [0.3, 0.4) is 0 Å². The van der Waals surface area contributed by atoms with E-state index in [-0.39, 0.29) is 0 Å². The Morgan fingerprint density at radius 2 is 2.10 bits per heavy atom. The second-order valence-corrected chi connectivity index (χ2v) is 5.50. The maximum Gasteiger partial charge on any atom is 0.152 e. The third-order valence-electron chi connectivity index (χ3n) is 3.01. The number of aromatic nitrogens is 2. The fourth-order valence-electron chi connectivity index (χ4n) is 1.41. The molecule has 0 radical (unpaired) electrons. The summed E-state index contributed by atoms with van der Waals surface area (Å²) in [6, 6.07) is 1.85. The maximum absolute atomic E-state index is 8.52. The third-order valence-corrected chi connectivity index (χ3v) is 3.57. The summed E-state index contributed by atoms with van der Waals surface area (Å²) in [5.74, 6) is 2.39. The molecule has 1 N–H and O–H groups in total. The molecule has 1 aliphatic rings. The normalized spacial score (nSPS) is 13.8. The molecule has 1 atom stereocenters. The summed E-state index contributed by atoms with van der Waals surface area (Å²) in [4.78, 5) is 19.0. The summed E-state index contributed by atoms with van der Waals surface area (Å²) in [6.07, 6.45) is 8.51. The Balaban J connectivity index is 0.000000425. The van der Waals surface area contributed by atoms with Crippen LogP contribution in [0.1, 0.15) is 31.5 Å². The van der Waals surface area contributed by atoms with Crippen molar-refractivity contribution in [2.24, 2.45) is 0 Å². The molecule has 1 heterocycles. The van der Waals surface area contributed by atoms with Gasteiger partial charge in [0, 0.05) is 26.2 Å². The van der Waals surface area contributed by atoms with Crippen LogP contribution in [0.2, 0.25) is 0 Å². The van der Waals surface area contributed by atoms with E-state index in [0.717, 1.165) is 23.8 Å². The molecule has 1 fully saturated rings. The quantitative estimate of drug-likeness (QED) is 0.460. The number of aryl methyl sites for hydroxylation is 1. The summed E-state index contributed by atoms with van der Waals surface area (Å²) >= 11 is 4.15. The molecule has 1 saturated carbocycles. The molecule has 1 aromatic heterocycles. The molecule has 1 aromatic rings. The van der Waals surface area contributed by atoms with Crippen molar-refractivity contribution in [3.8, 4) is 0 Å². The van der Waals surface area contributed by atoms with E-state index < -0.39 is 9.03 Å². The highest BCUT2D eigenvalue weighted by Gasteiger charge is 2.04. The molecule has 0 aliphatic heterocycles. The molecule has 1 aliphatic carbocycles. The van der Waals surface area contributed by atoms with Crippen LogP contribution in [0.15, 0.2) is 12.3 Å². The zero-order valence-corrected chi connectivity index (χ0v) is 13.9. The van der Waals surface area contributed by atoms with Crippen molar-refractivity contribution in [1.29, 1.82) is 0 Å². The van der Waals surface area contributed by atoms with E-state index in [0.29, 0.717) is 13.2 Å². The van der Waals surface area contributed by atoms with E-state index in [2.05, 4.69) is 22.6 Å². The standard InChI is InChI=1S/C9H16N3O2PS.C4H8/c1-12(5-6-14-15-13)9-2-4-10-8(11-9)3-7-16;1-2-4-3-1/h2,4,13,15-16H,3,5-7H2,1H3;1-4H2. The average Bonchev–Trinajstić information content (AvgIpc) is 2.38. The molecule has 0 spiro atoms. The zero-order chi connectivity index (χ0) is 14.6. The highest BCUT2D eigenvalue weighted by molar-refractivity contribution is 7.80. The Hall–Kier alpha value is -0.420. The van der Waals surface area contributed by atoms with E-state index in [1.165, 1.54) is 25.7 Å². The van der Waals surface area contributed by atoms with E-state index >= 15 is 0 Å². The van der Waals surface area contributed by atoms with E-state index in [9.17, 15) is 0 Å². The Morgan fingerprint density at radius 3 is 2.65 bits per heavy atom. The van der Waals surface area contributed by atoms with Gasteiger partial charge >= 0.3 is 0 Å². The number of hydrogen-bond donors (Lipinski definition) is 2. The van der Waals surface area contributed by atoms with Crippen LogP contribution in [-0.2, 0) is 10.9 Å². The summed E-state index contributed by atoms with van der Waals surface area (Å²) in [5.41, 5.74) is 0. The molecule has 20 heavy (non-hydrogen) atoms. The van der Waals surface area contributed by atoms with Crippen molar-refractivity contribution < 1.29 is 9.42 Å². The van der Waals surface area contributed by atoms with E-state index in [4.69, 9.17) is 9.42 Å². The Kier molecular flexibility index (Phi) is 9.93. The number of thiol groups is 1. The van der Waals surface area contributed by atoms with Gasteiger partial charge in [-0.2, -0.15) is 12.6 Å². The lowest BCUT2D eigenvalue weighted by Crippen LogP contribution is -2.23. The van der Waals surface area contributed by atoms with Gasteiger partial charge in [0.15, 0.2) is 9.03 Å². The number of rotatable bonds is 7. The monoisotopic (exact) mass is 317 g/mol. The highest BCUT2D eigenvalue weighted by atomic mass is 32.1. The minimum absolute atomic E-state index is 0.457. The minimum atomic E-state index is -0.457. The lowest BCUT2D eigenvalue weighted by molar-refractivity contribution is 0.334. The van der Waals surface area contributed by atoms with Crippen molar-refractivity contribution in [2.45, 2.75) is 32.1 Å². The Morgan fingerprint density at radius 1 is 1.40 bits per heavy atom. The predicted octanol–water partition coefficient (Wildman–Crippen LogP) is 2.46. The number of likely N-dealkylation sites (N-methyl/N-ethyl adjacent to an activating group) is 1. The molecule has 2 rings (SSSR count). The highest BCUT2D eigenvalue weighted by Crippen LogP contribution is 2.15. The van der Waals surface area contributed by atoms with Crippen molar-refractivity contribution in [2.75, 3.05) is 30.9 Å². The van der Waals surface area contributed by atoms with Crippen LogP contribution in [0.25, 0.3) is 0 Å². The Bertz CT molecular complexity index is 363. The van der Waals surface area contributed by atoms with Crippen LogP contribution in [0, 0.1) is 0 Å². The van der Waals surface area contributed by atoms with Crippen molar-refractivity contribution in [3.05, 3.63) is 18.1 Å². The van der Waals surface area contributed by atoms with Crippen LogP contribution < -0.4 is 4.90 Å². The lowest BCUT2D eigenvalue weighted by Gasteiger charge is -2.17. The molecule has 0 amide bonds. The largest absolute Gasteiger partial charge is 0.357 e. The van der Waals surface area contributed by atoms with Gasteiger partial charge in [0.2, 0.25) is 0 Å². The number of nitrogens with zero attached hydrogens (tertiary/aromatic N) is 3. The predicted molar refractivity (Wildman–Crippen MR) is 87.8 cm³/mol. The van der Waals surface area contributed by atoms with Crippen LogP contribution >= 0.6 is 21.7 Å². The second kappa shape index (κ2) is 11.3. The molecule has 0 saturated heterocycles. The molecular formula is C13H24N3O2PS. The van der Waals surface area contributed by atoms with Gasteiger partial charge in [0.1, 0.15) is 11.6 Å². The maximum atomic E-state index is 8.52. The van der Waals surface area contributed by atoms with Crippen LogP contribution in [0.4, 0.5) is 5.82 Å². The molecule has 0 aromatic carbocycles. The van der Waals surface area contributed by atoms with Crippen molar-refractivity contribution in [3.63, 3.8) is 0 Å². The molecule has 114 valence electrons. The van der Waals surface area contributed by atoms with Crippen LogP contribution in [0.5, 0.6) is 0 Å². The molecule has 1 unspecified atom stereocenters. The topological polar surface area (TPSA) is 58.5 Å². The SMILES string of the molecule is C1CCC1.CN(CCOPO)c1ccnc(CCS)n1. The molecule has 5 nitrogen and oxygen atoms in total. The lowest BCUT2D eigenvalue weighted by atomic mass is 10.0. The smallest absolute Gasteiger partial charge is 0.152 e. The van der Waals surface area contributed by atoms with Crippen molar-refractivity contribution in [1.82, 2.24) is 9.97 Å². The summed E-state index contributed by atoms with van der Waals surface area (Å²) in [7, 11) is 1.47.